The van der Waals surface area contributed by atoms with Gasteiger partial charge in [0.05, 0.1) is 18.2 Å². The van der Waals surface area contributed by atoms with Gasteiger partial charge >= 0.3 is 0 Å². The van der Waals surface area contributed by atoms with Gasteiger partial charge in [-0.15, -0.1) is 0 Å². The fourth-order valence-corrected chi connectivity index (χ4v) is 1.52. The number of amides is 1. The van der Waals surface area contributed by atoms with Gasteiger partial charge in [0.1, 0.15) is 5.84 Å². The van der Waals surface area contributed by atoms with Crippen LogP contribution in [0.1, 0.15) is 12.0 Å². The van der Waals surface area contributed by atoms with Gasteiger partial charge in [0.25, 0.3) is 0 Å². The monoisotopic (exact) mass is 218 g/mol. The second-order valence-electron chi connectivity index (χ2n) is 3.73. The summed E-state index contributed by atoms with van der Waals surface area (Å²) in [6.07, 6.45) is 0.423. The normalized spacial score (nSPS) is 20.2. The van der Waals surface area contributed by atoms with Crippen molar-refractivity contribution < 1.29 is 4.79 Å². The molecule has 1 aromatic rings. The summed E-state index contributed by atoms with van der Waals surface area (Å²) in [4.78, 5) is 15.0. The Labute approximate surface area is 93.5 Å². The average molecular weight is 218 g/mol. The molecule has 1 atom stereocenters. The van der Waals surface area contributed by atoms with Crippen LogP contribution in [0.2, 0.25) is 0 Å². The Balaban J connectivity index is 2.12. The van der Waals surface area contributed by atoms with Crippen LogP contribution in [0, 0.1) is 0 Å². The fourth-order valence-electron chi connectivity index (χ4n) is 1.52. The summed E-state index contributed by atoms with van der Waals surface area (Å²) in [5.74, 6) is 0.452. The van der Waals surface area contributed by atoms with Crippen LogP contribution in [0.3, 0.4) is 0 Å². The Morgan fingerprint density at radius 3 is 2.94 bits per heavy atom. The number of carbonyl (C=O) groups is 1. The summed E-state index contributed by atoms with van der Waals surface area (Å²) in [5.41, 5.74) is 13.1. The van der Waals surface area contributed by atoms with Crippen molar-refractivity contribution in [2.24, 2.45) is 16.5 Å². The summed E-state index contributed by atoms with van der Waals surface area (Å²) < 4.78 is 0. The van der Waals surface area contributed by atoms with Crippen molar-refractivity contribution in [1.29, 1.82) is 0 Å². The van der Waals surface area contributed by atoms with Crippen molar-refractivity contribution in [3.05, 3.63) is 29.8 Å². The van der Waals surface area contributed by atoms with Crippen LogP contribution in [0.5, 0.6) is 0 Å². The molecule has 0 bridgehead atoms. The first-order valence-corrected chi connectivity index (χ1v) is 5.11. The quantitative estimate of drug-likeness (QED) is 0.379. The van der Waals surface area contributed by atoms with Crippen LogP contribution in [0.25, 0.3) is 0 Å². The Kier molecular flexibility index (Phi) is 2.87. The number of nitrogens with one attached hydrogen (secondary N) is 1. The predicted octanol–water partition coefficient (Wildman–Crippen LogP) is 0.0225. The van der Waals surface area contributed by atoms with Gasteiger partial charge in [-0.05, 0) is 17.7 Å². The molecule has 1 aromatic carbocycles. The third kappa shape index (κ3) is 2.20. The minimum absolute atomic E-state index is 0.0128. The summed E-state index contributed by atoms with van der Waals surface area (Å²) in [5, 5.41) is 2.67. The summed E-state index contributed by atoms with van der Waals surface area (Å²) in [6, 6.07) is 7.43. The minimum atomic E-state index is -0.117. The first-order chi connectivity index (χ1) is 7.69. The van der Waals surface area contributed by atoms with Crippen molar-refractivity contribution in [3.63, 3.8) is 0 Å². The number of benzene rings is 1. The van der Waals surface area contributed by atoms with E-state index in [1.165, 1.54) is 0 Å². The molecule has 1 fully saturated rings. The first-order valence-electron chi connectivity index (χ1n) is 5.11. The molecule has 0 spiro atoms. The maximum Gasteiger partial charge on any atom is 0.223 e. The van der Waals surface area contributed by atoms with E-state index < -0.39 is 0 Å². The van der Waals surface area contributed by atoms with Gasteiger partial charge in [0.2, 0.25) is 5.91 Å². The lowest BCUT2D eigenvalue weighted by Crippen LogP contribution is -2.55. The molecule has 1 aliphatic rings. The molecule has 2 rings (SSSR count). The highest BCUT2D eigenvalue weighted by Gasteiger charge is 2.28. The van der Waals surface area contributed by atoms with Crippen LogP contribution in [-0.2, 0) is 11.3 Å². The van der Waals surface area contributed by atoms with Crippen molar-refractivity contribution in [2.45, 2.75) is 19.0 Å². The Bertz CT molecular complexity index is 433. The molecule has 0 aromatic heterocycles. The zero-order valence-electron chi connectivity index (χ0n) is 8.81. The summed E-state index contributed by atoms with van der Waals surface area (Å²) >= 11 is 0. The number of nitrogens with two attached hydrogens (primary N) is 2. The van der Waals surface area contributed by atoms with Crippen molar-refractivity contribution >= 4 is 17.4 Å². The van der Waals surface area contributed by atoms with E-state index in [1.807, 2.05) is 24.3 Å². The van der Waals surface area contributed by atoms with E-state index >= 15 is 0 Å². The number of β-lactam (4-membered cyclic amide) rings is 1. The molecule has 1 heterocycles. The summed E-state index contributed by atoms with van der Waals surface area (Å²) in [7, 11) is 0. The van der Waals surface area contributed by atoms with Crippen LogP contribution in [-0.4, -0.2) is 17.8 Å². The van der Waals surface area contributed by atoms with E-state index in [1.54, 1.807) is 0 Å². The molecule has 16 heavy (non-hydrogen) atoms. The molecular formula is C11H14N4O. The molecule has 0 aliphatic carbocycles. The van der Waals surface area contributed by atoms with Crippen LogP contribution < -0.4 is 16.8 Å². The van der Waals surface area contributed by atoms with Gasteiger partial charge in [-0.1, -0.05) is 12.1 Å². The lowest BCUT2D eigenvalue weighted by molar-refractivity contribution is -0.126. The zero-order chi connectivity index (χ0) is 11.5. The van der Waals surface area contributed by atoms with E-state index in [0.717, 1.165) is 11.3 Å². The molecule has 0 radical (unpaired) electrons. The van der Waals surface area contributed by atoms with Crippen LogP contribution in [0.15, 0.2) is 29.3 Å². The van der Waals surface area contributed by atoms with Gasteiger partial charge in [-0.25, -0.2) is 4.99 Å². The van der Waals surface area contributed by atoms with E-state index in [2.05, 4.69) is 10.3 Å². The Morgan fingerprint density at radius 2 is 2.31 bits per heavy atom. The molecule has 5 nitrogen and oxygen atoms in total. The number of nitrogens with zero attached hydrogens (tertiary/aromatic N) is 1. The number of rotatable bonds is 3. The maximum absolute atomic E-state index is 10.7. The molecule has 84 valence electrons. The minimum Gasteiger partial charge on any atom is -0.385 e. The van der Waals surface area contributed by atoms with Crippen molar-refractivity contribution in [1.82, 2.24) is 5.32 Å². The number of aliphatic imine (C=N–C) groups is 1. The van der Waals surface area contributed by atoms with Crippen molar-refractivity contribution in [2.75, 3.05) is 0 Å². The van der Waals surface area contributed by atoms with Gasteiger partial charge in [-0.2, -0.15) is 0 Å². The molecule has 0 saturated carbocycles. The number of carbonyl (C=O) groups excluding carboxylic acids is 1. The molecule has 1 unspecified atom stereocenters. The molecule has 5 N–H and O–H groups in total. The van der Waals surface area contributed by atoms with Crippen LogP contribution >= 0.6 is 0 Å². The number of amidine groups is 1. The van der Waals surface area contributed by atoms with Crippen LogP contribution in [0.4, 0.5) is 5.69 Å². The van der Waals surface area contributed by atoms with Gasteiger partial charge in [0, 0.05) is 6.54 Å². The highest BCUT2D eigenvalue weighted by molar-refractivity contribution is 6.00. The Hall–Kier alpha value is -1.88. The molecular weight excluding hydrogens is 204 g/mol. The lowest BCUT2D eigenvalue weighted by Gasteiger charge is -2.26. The van der Waals surface area contributed by atoms with E-state index in [-0.39, 0.29) is 11.9 Å². The third-order valence-corrected chi connectivity index (χ3v) is 2.49. The highest BCUT2D eigenvalue weighted by atomic mass is 16.2. The SMILES string of the molecule is NCc1cccc(N=C(N)C2CC(=O)N2)c1. The second-order valence-corrected chi connectivity index (χ2v) is 3.73. The highest BCUT2D eigenvalue weighted by Crippen LogP contribution is 2.15. The predicted molar refractivity (Wildman–Crippen MR) is 62.2 cm³/mol. The standard InChI is InChI=1S/C11H14N4O/c12-6-7-2-1-3-8(4-7)14-11(13)9-5-10(16)15-9/h1-4,9H,5-6,12H2,(H2,13,14)(H,15,16). The van der Waals surface area contributed by atoms with Crippen molar-refractivity contribution in [3.8, 4) is 0 Å². The lowest BCUT2D eigenvalue weighted by atomic mass is 10.1. The average Bonchev–Trinajstić information content (AvgIpc) is 2.25. The smallest absolute Gasteiger partial charge is 0.223 e. The van der Waals surface area contributed by atoms with Gasteiger partial charge in [0.15, 0.2) is 0 Å². The number of hydrogen-bond donors (Lipinski definition) is 3. The van der Waals surface area contributed by atoms with E-state index in [9.17, 15) is 4.79 Å². The summed E-state index contributed by atoms with van der Waals surface area (Å²) in [6.45, 7) is 0.476. The molecule has 1 saturated heterocycles. The fraction of sp³-hybridized carbons (Fsp3) is 0.273. The molecule has 1 aliphatic heterocycles. The third-order valence-electron chi connectivity index (χ3n) is 2.49. The second kappa shape index (κ2) is 4.32. The topological polar surface area (TPSA) is 93.5 Å². The van der Waals surface area contributed by atoms with E-state index in [0.29, 0.717) is 18.8 Å². The Morgan fingerprint density at radius 1 is 1.56 bits per heavy atom. The maximum atomic E-state index is 10.7. The molecule has 5 heteroatoms. The largest absolute Gasteiger partial charge is 0.385 e. The van der Waals surface area contributed by atoms with E-state index in [4.69, 9.17) is 11.5 Å². The van der Waals surface area contributed by atoms with Gasteiger partial charge in [-0.3, -0.25) is 4.79 Å². The first kappa shape index (κ1) is 10.6. The van der Waals surface area contributed by atoms with Gasteiger partial charge < -0.3 is 16.8 Å². The zero-order valence-corrected chi connectivity index (χ0v) is 8.81. The molecule has 1 amide bonds. The number of hydrogen-bond acceptors (Lipinski definition) is 3.